The third kappa shape index (κ3) is 12.2. The maximum Gasteiger partial charge on any atom is 0.410 e. The molecule has 1 amide bonds. The number of rotatable bonds is 8. The molecule has 0 aromatic carbocycles. The van der Waals surface area contributed by atoms with E-state index in [1.54, 1.807) is 17.9 Å². The van der Waals surface area contributed by atoms with E-state index in [1.165, 1.54) is 45.6 Å². The lowest BCUT2D eigenvalue weighted by molar-refractivity contribution is -0.150. The number of carbonyl (C=O) groups excluding carboxylic acids is 3. The van der Waals surface area contributed by atoms with Gasteiger partial charge in [-0.05, 0) is 69.4 Å². The summed E-state index contributed by atoms with van der Waals surface area (Å²) >= 11 is 0. The average molecular weight is 645 g/mol. The highest BCUT2D eigenvalue weighted by atomic mass is 16.6. The van der Waals surface area contributed by atoms with E-state index >= 15 is 0 Å². The zero-order chi connectivity index (χ0) is 33.7. The number of hydrogen-bond acceptors (Lipinski definition) is 8. The summed E-state index contributed by atoms with van der Waals surface area (Å²) in [5.74, 6) is -0.561. The maximum absolute atomic E-state index is 13.4. The van der Waals surface area contributed by atoms with Gasteiger partial charge in [-0.3, -0.25) is 14.5 Å². The fourth-order valence-electron chi connectivity index (χ4n) is 6.73. The lowest BCUT2D eigenvalue weighted by atomic mass is 9.87. The van der Waals surface area contributed by atoms with Gasteiger partial charge in [0.2, 0.25) is 0 Å². The minimum absolute atomic E-state index is 0.00778. The molecule has 2 heterocycles. The van der Waals surface area contributed by atoms with Gasteiger partial charge in [-0.1, -0.05) is 70.8 Å². The van der Waals surface area contributed by atoms with Gasteiger partial charge in [0.15, 0.2) is 6.10 Å². The molecule has 1 aliphatic carbocycles. The molecule has 9 heteroatoms. The van der Waals surface area contributed by atoms with Crippen molar-refractivity contribution >= 4 is 18.0 Å². The fourth-order valence-corrected chi connectivity index (χ4v) is 6.73. The molecule has 0 aromatic rings. The van der Waals surface area contributed by atoms with Crippen LogP contribution in [0.3, 0.4) is 0 Å². The number of piperazine rings is 1. The topological polar surface area (TPSA) is 106 Å². The highest BCUT2D eigenvalue weighted by Crippen LogP contribution is 2.29. The first-order valence-electron chi connectivity index (χ1n) is 17.6. The van der Waals surface area contributed by atoms with E-state index in [2.05, 4.69) is 4.90 Å². The molecule has 1 saturated heterocycles. The van der Waals surface area contributed by atoms with Crippen molar-refractivity contribution in [3.8, 4) is 0 Å². The monoisotopic (exact) mass is 644 g/mol. The van der Waals surface area contributed by atoms with Crippen LogP contribution in [0.5, 0.6) is 0 Å². The van der Waals surface area contributed by atoms with E-state index in [0.29, 0.717) is 44.8 Å². The number of allylic oxidation sites excluding steroid dienone is 3. The SMILES string of the molecule is COC(=O)CC[C@H](C)/C=C/C=C(\C)[C@H]1OC(=O)C[C@H](C)CC[C@@](C)(O)[C@@H](OC(=O)N2CCN(C3CCCCCC3)CC2)/C=C/[C@@H]1C. The van der Waals surface area contributed by atoms with E-state index in [0.717, 1.165) is 18.7 Å². The van der Waals surface area contributed by atoms with Gasteiger partial charge in [0, 0.05) is 51.0 Å². The first kappa shape index (κ1) is 37.8. The van der Waals surface area contributed by atoms with E-state index in [9.17, 15) is 19.5 Å². The molecular weight excluding hydrogens is 584 g/mol. The van der Waals surface area contributed by atoms with Crippen LogP contribution in [0.15, 0.2) is 36.0 Å². The molecule has 3 rings (SSSR count). The second-order valence-corrected chi connectivity index (χ2v) is 14.2. The molecule has 0 spiro atoms. The number of cyclic esters (lactones) is 1. The zero-order valence-electron chi connectivity index (χ0n) is 29.2. The van der Waals surface area contributed by atoms with Crippen LogP contribution < -0.4 is 0 Å². The Bertz CT molecular complexity index is 1070. The van der Waals surface area contributed by atoms with Gasteiger partial charge in [-0.2, -0.15) is 0 Å². The molecule has 0 unspecified atom stereocenters. The Morgan fingerprint density at radius 2 is 1.76 bits per heavy atom. The van der Waals surface area contributed by atoms with Crippen molar-refractivity contribution < 1.29 is 33.7 Å². The fraction of sp³-hybridized carbons (Fsp3) is 0.757. The van der Waals surface area contributed by atoms with Crippen LogP contribution in [-0.2, 0) is 23.8 Å². The number of carbonyl (C=O) groups is 3. The van der Waals surface area contributed by atoms with Crippen LogP contribution >= 0.6 is 0 Å². The molecule has 1 N–H and O–H groups in total. The van der Waals surface area contributed by atoms with E-state index in [-0.39, 0.29) is 36.1 Å². The summed E-state index contributed by atoms with van der Waals surface area (Å²) in [5.41, 5.74) is -0.423. The Hall–Kier alpha value is -2.65. The van der Waals surface area contributed by atoms with Crippen molar-refractivity contribution in [3.05, 3.63) is 36.0 Å². The van der Waals surface area contributed by atoms with Crippen molar-refractivity contribution in [1.29, 1.82) is 0 Å². The van der Waals surface area contributed by atoms with Gasteiger partial charge in [-0.15, -0.1) is 0 Å². The van der Waals surface area contributed by atoms with Gasteiger partial charge in [0.1, 0.15) is 11.7 Å². The van der Waals surface area contributed by atoms with Crippen molar-refractivity contribution in [1.82, 2.24) is 9.80 Å². The molecule has 2 fully saturated rings. The van der Waals surface area contributed by atoms with Crippen molar-refractivity contribution in [2.45, 2.75) is 129 Å². The quantitative estimate of drug-likeness (QED) is 0.104. The van der Waals surface area contributed by atoms with E-state index in [4.69, 9.17) is 14.2 Å². The average Bonchev–Trinajstić information content (AvgIpc) is 3.32. The number of esters is 2. The molecular formula is C37H60N2O7. The van der Waals surface area contributed by atoms with Crippen LogP contribution in [-0.4, -0.2) is 90.1 Å². The Morgan fingerprint density at radius 1 is 1.09 bits per heavy atom. The van der Waals surface area contributed by atoms with Crippen LogP contribution in [0.25, 0.3) is 0 Å². The predicted octanol–water partition coefficient (Wildman–Crippen LogP) is 6.60. The van der Waals surface area contributed by atoms with Gasteiger partial charge in [0.25, 0.3) is 0 Å². The molecule has 0 bridgehead atoms. The van der Waals surface area contributed by atoms with Crippen molar-refractivity contribution in [2.75, 3.05) is 33.3 Å². The second kappa shape index (κ2) is 18.6. The molecule has 3 aliphatic rings. The molecule has 0 aromatic heterocycles. The molecule has 2 aliphatic heterocycles. The Balaban J connectivity index is 1.71. The number of nitrogens with zero attached hydrogens (tertiary/aromatic N) is 2. The summed E-state index contributed by atoms with van der Waals surface area (Å²) in [5, 5.41) is 11.6. The number of methoxy groups -OCH3 is 1. The van der Waals surface area contributed by atoms with Crippen LogP contribution in [0, 0.1) is 17.8 Å². The van der Waals surface area contributed by atoms with Crippen LogP contribution in [0.2, 0.25) is 0 Å². The normalized spacial score (nSPS) is 31.2. The smallest absolute Gasteiger partial charge is 0.410 e. The van der Waals surface area contributed by atoms with Gasteiger partial charge in [0.05, 0.1) is 7.11 Å². The maximum atomic E-state index is 13.4. The summed E-state index contributed by atoms with van der Waals surface area (Å²) in [6, 6.07) is 0.615. The third-order valence-electron chi connectivity index (χ3n) is 10.0. The van der Waals surface area contributed by atoms with Crippen LogP contribution in [0.1, 0.15) is 105 Å². The van der Waals surface area contributed by atoms with Crippen molar-refractivity contribution in [3.63, 3.8) is 0 Å². The largest absolute Gasteiger partial charge is 0.469 e. The summed E-state index contributed by atoms with van der Waals surface area (Å²) in [7, 11) is 1.39. The van der Waals surface area contributed by atoms with Crippen molar-refractivity contribution in [2.24, 2.45) is 17.8 Å². The molecule has 260 valence electrons. The number of ether oxygens (including phenoxy) is 3. The van der Waals surface area contributed by atoms with E-state index < -0.39 is 23.9 Å². The summed E-state index contributed by atoms with van der Waals surface area (Å²) in [6.07, 6.45) is 17.8. The first-order chi connectivity index (χ1) is 21.9. The summed E-state index contributed by atoms with van der Waals surface area (Å²) in [6.45, 7) is 12.6. The van der Waals surface area contributed by atoms with Gasteiger partial charge < -0.3 is 24.2 Å². The zero-order valence-corrected chi connectivity index (χ0v) is 29.2. The molecule has 0 radical (unpaired) electrons. The molecule has 6 atom stereocenters. The third-order valence-corrected chi connectivity index (χ3v) is 10.0. The molecule has 1 saturated carbocycles. The van der Waals surface area contributed by atoms with Gasteiger partial charge >= 0.3 is 18.0 Å². The molecule has 9 nitrogen and oxygen atoms in total. The Labute approximate surface area is 277 Å². The molecule has 46 heavy (non-hydrogen) atoms. The first-order valence-corrected chi connectivity index (χ1v) is 17.6. The highest BCUT2D eigenvalue weighted by Gasteiger charge is 2.37. The number of amides is 1. The Kier molecular flexibility index (Phi) is 15.3. The standard InChI is InChI=1S/C37H60N2O7/c1-27(16-19-33(40)44-6)12-11-13-29(3)35-30(4)17-18-32(37(5,43)21-20-28(2)26-34(41)46-35)45-36(42)39-24-22-38(23-25-39)31-14-9-7-8-10-15-31/h11-13,17-18,27-28,30-32,35,43H,7-10,14-16,19-26H2,1-6H3/b12-11+,18-17+,29-13+/t27-,28-,30+,32+,35-,37-/m1/s1. The predicted molar refractivity (Wildman–Crippen MR) is 180 cm³/mol. The minimum Gasteiger partial charge on any atom is -0.469 e. The lowest BCUT2D eigenvalue weighted by Crippen LogP contribution is -2.53. The van der Waals surface area contributed by atoms with E-state index in [1.807, 2.05) is 52.0 Å². The number of hydrogen-bond donors (Lipinski definition) is 1. The second-order valence-electron chi connectivity index (χ2n) is 14.2. The van der Waals surface area contributed by atoms with Crippen LogP contribution in [0.4, 0.5) is 4.79 Å². The summed E-state index contributed by atoms with van der Waals surface area (Å²) < 4.78 is 16.8. The Morgan fingerprint density at radius 3 is 2.41 bits per heavy atom. The van der Waals surface area contributed by atoms with Gasteiger partial charge in [-0.25, -0.2) is 4.79 Å². The number of aliphatic hydroxyl groups is 1. The highest BCUT2D eigenvalue weighted by molar-refractivity contribution is 5.70. The summed E-state index contributed by atoms with van der Waals surface area (Å²) in [4.78, 5) is 42.2. The minimum atomic E-state index is -1.30. The lowest BCUT2D eigenvalue weighted by Gasteiger charge is -2.40.